The van der Waals surface area contributed by atoms with E-state index in [4.69, 9.17) is 9.52 Å². The third-order valence-corrected chi connectivity index (χ3v) is 5.37. The maximum atomic E-state index is 13.0. The van der Waals surface area contributed by atoms with E-state index in [2.05, 4.69) is 0 Å². The molecule has 1 aromatic heterocycles. The third kappa shape index (κ3) is 4.02. The number of carboxylic acids is 1. The normalized spacial score (nSPS) is 16.5. The van der Waals surface area contributed by atoms with Crippen LogP contribution in [0.1, 0.15) is 35.7 Å². The predicted molar refractivity (Wildman–Crippen MR) is 101 cm³/mol. The fourth-order valence-corrected chi connectivity index (χ4v) is 3.66. The van der Waals surface area contributed by atoms with Crippen LogP contribution in [0.3, 0.4) is 0 Å². The van der Waals surface area contributed by atoms with E-state index in [-0.39, 0.29) is 40.4 Å². The van der Waals surface area contributed by atoms with Gasteiger partial charge in [0.1, 0.15) is 11.3 Å². The van der Waals surface area contributed by atoms with Crippen LogP contribution in [0.5, 0.6) is 0 Å². The summed E-state index contributed by atoms with van der Waals surface area (Å²) in [6, 6.07) is 5.68. The quantitative estimate of drug-likeness (QED) is 0.536. The van der Waals surface area contributed by atoms with E-state index < -0.39 is 29.0 Å². The molecule has 2 heterocycles. The number of carbonyl (C=O) groups is 3. The van der Waals surface area contributed by atoms with Crippen molar-refractivity contribution in [3.05, 3.63) is 47.4 Å². The number of carbonyl (C=O) groups excluding carboxylic acids is 2. The highest BCUT2D eigenvalue weighted by Gasteiger charge is 2.52. The van der Waals surface area contributed by atoms with Crippen LogP contribution in [0.4, 0.5) is 23.7 Å². The first kappa shape index (κ1) is 21.8. The summed E-state index contributed by atoms with van der Waals surface area (Å²) in [5, 5.41) is 9.11. The van der Waals surface area contributed by atoms with E-state index >= 15 is 0 Å². The van der Waals surface area contributed by atoms with Gasteiger partial charge in [-0.2, -0.15) is 13.2 Å². The van der Waals surface area contributed by atoms with Crippen molar-refractivity contribution < 1.29 is 37.1 Å². The van der Waals surface area contributed by atoms with E-state index in [0.717, 1.165) is 4.90 Å². The number of amides is 3. The van der Waals surface area contributed by atoms with Crippen molar-refractivity contribution in [2.24, 2.45) is 0 Å². The van der Waals surface area contributed by atoms with Gasteiger partial charge in [-0.3, -0.25) is 4.79 Å². The van der Waals surface area contributed by atoms with Crippen molar-refractivity contribution in [2.45, 2.75) is 43.3 Å². The van der Waals surface area contributed by atoms with Gasteiger partial charge in [-0.05, 0) is 62.9 Å². The summed E-state index contributed by atoms with van der Waals surface area (Å²) in [6.45, 7) is 4.44. The van der Waals surface area contributed by atoms with Crippen molar-refractivity contribution in [3.8, 4) is 0 Å². The van der Waals surface area contributed by atoms with Crippen LogP contribution in [0.25, 0.3) is 0 Å². The van der Waals surface area contributed by atoms with Crippen LogP contribution >= 0.6 is 11.8 Å². The summed E-state index contributed by atoms with van der Waals surface area (Å²) in [4.78, 5) is 39.0. The molecule has 1 N–H and O–H groups in total. The van der Waals surface area contributed by atoms with Crippen LogP contribution in [0.15, 0.2) is 39.6 Å². The predicted octanol–water partition coefficient (Wildman–Crippen LogP) is 4.65. The van der Waals surface area contributed by atoms with Crippen molar-refractivity contribution >= 4 is 35.4 Å². The molecular weight excluding hydrogens is 425 g/mol. The van der Waals surface area contributed by atoms with Gasteiger partial charge in [0.05, 0.1) is 12.2 Å². The smallest absolute Gasteiger partial charge is 0.446 e. The highest BCUT2D eigenvalue weighted by atomic mass is 32.2. The Labute approximate surface area is 173 Å². The van der Waals surface area contributed by atoms with Gasteiger partial charge < -0.3 is 14.4 Å². The van der Waals surface area contributed by atoms with Gasteiger partial charge >= 0.3 is 17.5 Å². The van der Waals surface area contributed by atoms with E-state index in [1.54, 1.807) is 6.92 Å². The Bertz CT molecular complexity index is 1010. The highest BCUT2D eigenvalue weighted by Crippen LogP contribution is 2.39. The van der Waals surface area contributed by atoms with Crippen LogP contribution in [0.2, 0.25) is 0 Å². The largest absolute Gasteiger partial charge is 0.475 e. The number of carboxylic acid groups (broad SMARTS) is 1. The van der Waals surface area contributed by atoms with Gasteiger partial charge in [-0.15, -0.1) is 0 Å². The van der Waals surface area contributed by atoms with Gasteiger partial charge in [-0.25, -0.2) is 14.5 Å². The monoisotopic (exact) mass is 442 g/mol. The summed E-state index contributed by atoms with van der Waals surface area (Å²) >= 11 is -0.297. The minimum absolute atomic E-state index is 0.0753. The minimum atomic E-state index is -4.45. The Morgan fingerprint density at radius 1 is 1.20 bits per heavy atom. The number of urea groups is 1. The lowest BCUT2D eigenvalue weighted by Gasteiger charge is -2.26. The van der Waals surface area contributed by atoms with E-state index in [1.807, 2.05) is 0 Å². The number of hydrogen-bond donors (Lipinski definition) is 1. The van der Waals surface area contributed by atoms with Crippen molar-refractivity contribution in [1.29, 1.82) is 0 Å². The molecule has 0 saturated carbocycles. The first-order valence-corrected chi connectivity index (χ1v) is 9.47. The SMILES string of the molecule is Cc1cc(CN2C(=O)N(c3ccc(SC(F)(F)F)cc3)C(=O)C2(C)C)oc1C(=O)O. The molecule has 0 aliphatic carbocycles. The molecule has 160 valence electrons. The zero-order chi connectivity index (χ0) is 22.4. The number of alkyl halides is 3. The number of halogens is 3. The van der Waals surface area contributed by atoms with E-state index in [1.165, 1.54) is 49.1 Å². The molecule has 1 saturated heterocycles. The highest BCUT2D eigenvalue weighted by molar-refractivity contribution is 8.00. The number of furan rings is 1. The van der Waals surface area contributed by atoms with Gasteiger partial charge in [0, 0.05) is 10.5 Å². The summed E-state index contributed by atoms with van der Waals surface area (Å²) in [6.07, 6.45) is 0. The second-order valence-corrected chi connectivity index (χ2v) is 8.28. The molecule has 11 heteroatoms. The molecule has 3 amide bonds. The molecule has 7 nitrogen and oxygen atoms in total. The lowest BCUT2D eigenvalue weighted by Crippen LogP contribution is -2.43. The number of aromatic carboxylic acids is 1. The molecule has 2 aromatic rings. The maximum absolute atomic E-state index is 13.0. The second kappa shape index (κ2) is 7.38. The number of rotatable bonds is 5. The fourth-order valence-electron chi connectivity index (χ4n) is 3.12. The molecule has 1 fully saturated rings. The first-order chi connectivity index (χ1) is 13.8. The summed E-state index contributed by atoms with van der Waals surface area (Å²) < 4.78 is 42.8. The van der Waals surface area contributed by atoms with E-state index in [0.29, 0.717) is 5.56 Å². The molecule has 0 bridgehead atoms. The number of anilines is 1. The summed E-state index contributed by atoms with van der Waals surface area (Å²) in [5.41, 5.74) is -5.22. The Morgan fingerprint density at radius 3 is 2.30 bits per heavy atom. The number of aryl methyl sites for hydroxylation is 1. The fraction of sp³-hybridized carbons (Fsp3) is 0.316. The first-order valence-electron chi connectivity index (χ1n) is 8.66. The van der Waals surface area contributed by atoms with Crippen LogP contribution in [0, 0.1) is 6.92 Å². The minimum Gasteiger partial charge on any atom is -0.475 e. The van der Waals surface area contributed by atoms with Gasteiger partial charge in [-0.1, -0.05) is 0 Å². The molecular formula is C19H17F3N2O5S. The molecule has 0 radical (unpaired) electrons. The molecule has 1 aliphatic rings. The van der Waals surface area contributed by atoms with Gasteiger partial charge in [0.15, 0.2) is 0 Å². The van der Waals surface area contributed by atoms with Crippen molar-refractivity contribution in [1.82, 2.24) is 4.90 Å². The number of benzene rings is 1. The number of imide groups is 1. The van der Waals surface area contributed by atoms with Gasteiger partial charge in [0.2, 0.25) is 5.76 Å². The van der Waals surface area contributed by atoms with Crippen molar-refractivity contribution in [2.75, 3.05) is 4.90 Å². The summed E-state index contributed by atoms with van der Waals surface area (Å²) in [5.74, 6) is -1.88. The molecule has 0 spiro atoms. The lowest BCUT2D eigenvalue weighted by atomic mass is 10.0. The lowest BCUT2D eigenvalue weighted by molar-refractivity contribution is -0.123. The van der Waals surface area contributed by atoms with Crippen LogP contribution in [-0.2, 0) is 11.3 Å². The Hall–Kier alpha value is -2.95. The molecule has 0 atom stereocenters. The molecule has 1 aliphatic heterocycles. The van der Waals surface area contributed by atoms with Gasteiger partial charge in [0.25, 0.3) is 5.91 Å². The average Bonchev–Trinajstić information content (AvgIpc) is 3.06. The number of nitrogens with zero attached hydrogens (tertiary/aromatic N) is 2. The van der Waals surface area contributed by atoms with Crippen LogP contribution in [-0.4, -0.2) is 39.0 Å². The van der Waals surface area contributed by atoms with Crippen molar-refractivity contribution in [3.63, 3.8) is 0 Å². The Kier molecular flexibility index (Phi) is 5.35. The summed E-state index contributed by atoms with van der Waals surface area (Å²) in [7, 11) is 0. The standard InChI is InChI=1S/C19H17F3N2O5S/c1-10-8-12(29-14(10)15(25)26)9-23-17(28)24(16(27)18(23,2)3)11-4-6-13(7-5-11)30-19(20,21)22/h4-8H,9H2,1-3H3,(H,25,26). The van der Waals surface area contributed by atoms with Crippen LogP contribution < -0.4 is 4.90 Å². The number of thioether (sulfide) groups is 1. The maximum Gasteiger partial charge on any atom is 0.446 e. The Balaban J connectivity index is 1.87. The van der Waals surface area contributed by atoms with E-state index in [9.17, 15) is 27.6 Å². The molecule has 0 unspecified atom stereocenters. The zero-order valence-corrected chi connectivity index (χ0v) is 16.9. The number of hydrogen-bond acceptors (Lipinski definition) is 5. The third-order valence-electron chi connectivity index (χ3n) is 4.63. The topological polar surface area (TPSA) is 91.1 Å². The average molecular weight is 442 g/mol. The molecule has 3 rings (SSSR count). The Morgan fingerprint density at radius 2 is 1.80 bits per heavy atom. The second-order valence-electron chi connectivity index (χ2n) is 7.14. The molecule has 30 heavy (non-hydrogen) atoms. The molecule has 1 aromatic carbocycles. The zero-order valence-electron chi connectivity index (χ0n) is 16.1.